The molecule has 0 saturated carbocycles. The average Bonchev–Trinajstić information content (AvgIpc) is 2.58. The first-order valence-corrected chi connectivity index (χ1v) is 5.15. The number of rotatable bonds is 3. The molecule has 1 unspecified atom stereocenters. The molecular formula is C13H13NO2. The van der Waals surface area contributed by atoms with E-state index in [1.165, 1.54) is 0 Å². The second-order valence-corrected chi connectivity index (χ2v) is 4.01. The molecule has 0 radical (unpaired) electrons. The molecule has 0 N–H and O–H groups in total. The summed E-state index contributed by atoms with van der Waals surface area (Å²) in [6.07, 6.45) is 2.24. The Morgan fingerprint density at radius 3 is 2.75 bits per heavy atom. The van der Waals surface area contributed by atoms with Gasteiger partial charge in [-0.2, -0.15) is 0 Å². The molecule has 1 aliphatic heterocycles. The topological polar surface area (TPSA) is 38.7 Å². The maximum atomic E-state index is 11.7. The van der Waals surface area contributed by atoms with Crippen LogP contribution in [0.3, 0.4) is 0 Å². The lowest BCUT2D eigenvalue weighted by atomic mass is 9.79. The molecule has 16 heavy (non-hydrogen) atoms. The average molecular weight is 215 g/mol. The Kier molecular flexibility index (Phi) is 2.60. The van der Waals surface area contributed by atoms with Crippen molar-refractivity contribution in [2.75, 3.05) is 0 Å². The van der Waals surface area contributed by atoms with Crippen molar-refractivity contribution in [3.05, 3.63) is 48.6 Å². The predicted octanol–water partition coefficient (Wildman–Crippen LogP) is 2.53. The van der Waals surface area contributed by atoms with E-state index in [1.807, 2.05) is 37.3 Å². The number of carbonyl (C=O) groups excluding carboxylic acids is 1. The highest BCUT2D eigenvalue weighted by atomic mass is 16.7. The van der Waals surface area contributed by atoms with E-state index in [4.69, 9.17) is 4.84 Å². The maximum Gasteiger partial charge on any atom is 0.347 e. The standard InChI is InChI=1S/C13H13NO2/c1-3-9-13(2)11(14-16-12(13)15)10-7-5-4-6-8-10/h3-8H,1,9H2,2H3. The van der Waals surface area contributed by atoms with Crippen molar-refractivity contribution >= 4 is 11.7 Å². The van der Waals surface area contributed by atoms with Crippen LogP contribution >= 0.6 is 0 Å². The molecule has 2 rings (SSSR count). The zero-order valence-corrected chi connectivity index (χ0v) is 9.14. The minimum Gasteiger partial charge on any atom is -0.317 e. The molecule has 3 heteroatoms. The first-order chi connectivity index (χ1) is 7.68. The van der Waals surface area contributed by atoms with E-state index in [0.717, 1.165) is 5.56 Å². The number of oxime groups is 1. The SMILES string of the molecule is C=CCC1(C)C(=O)ON=C1c1ccccc1. The number of carbonyl (C=O) groups is 1. The third kappa shape index (κ3) is 1.54. The fourth-order valence-corrected chi connectivity index (χ4v) is 1.82. The molecule has 82 valence electrons. The van der Waals surface area contributed by atoms with E-state index in [-0.39, 0.29) is 5.97 Å². The van der Waals surface area contributed by atoms with Gasteiger partial charge in [0.2, 0.25) is 0 Å². The van der Waals surface area contributed by atoms with Crippen LogP contribution in [0, 0.1) is 5.41 Å². The van der Waals surface area contributed by atoms with E-state index < -0.39 is 5.41 Å². The monoisotopic (exact) mass is 215 g/mol. The van der Waals surface area contributed by atoms with E-state index in [9.17, 15) is 4.79 Å². The molecule has 1 heterocycles. The summed E-state index contributed by atoms with van der Waals surface area (Å²) in [4.78, 5) is 16.5. The normalized spacial score (nSPS) is 23.8. The zero-order valence-electron chi connectivity index (χ0n) is 9.14. The number of nitrogens with zero attached hydrogens (tertiary/aromatic N) is 1. The van der Waals surface area contributed by atoms with Crippen molar-refractivity contribution in [3.8, 4) is 0 Å². The second-order valence-electron chi connectivity index (χ2n) is 4.01. The highest BCUT2D eigenvalue weighted by molar-refractivity contribution is 6.17. The molecule has 0 spiro atoms. The molecule has 0 saturated heterocycles. The summed E-state index contributed by atoms with van der Waals surface area (Å²) in [6.45, 7) is 5.50. The molecule has 1 aromatic carbocycles. The van der Waals surface area contributed by atoms with Gasteiger partial charge in [-0.1, -0.05) is 41.6 Å². The van der Waals surface area contributed by atoms with Gasteiger partial charge in [-0.05, 0) is 13.3 Å². The van der Waals surface area contributed by atoms with Crippen molar-refractivity contribution in [2.24, 2.45) is 10.6 Å². The lowest BCUT2D eigenvalue weighted by Crippen LogP contribution is -2.32. The summed E-state index contributed by atoms with van der Waals surface area (Å²) in [5, 5.41) is 3.88. The first-order valence-electron chi connectivity index (χ1n) is 5.15. The van der Waals surface area contributed by atoms with Crippen LogP contribution in [-0.2, 0) is 9.63 Å². The van der Waals surface area contributed by atoms with Crippen molar-refractivity contribution in [1.82, 2.24) is 0 Å². The number of benzene rings is 1. The highest BCUT2D eigenvalue weighted by Crippen LogP contribution is 2.34. The molecule has 0 bridgehead atoms. The first kappa shape index (κ1) is 10.6. The Morgan fingerprint density at radius 2 is 2.12 bits per heavy atom. The molecule has 0 amide bonds. The maximum absolute atomic E-state index is 11.7. The lowest BCUT2D eigenvalue weighted by molar-refractivity contribution is -0.147. The van der Waals surface area contributed by atoms with Crippen molar-refractivity contribution in [2.45, 2.75) is 13.3 Å². The summed E-state index contributed by atoms with van der Waals surface area (Å²) in [5.41, 5.74) is 0.888. The van der Waals surface area contributed by atoms with Crippen LogP contribution in [0.15, 0.2) is 48.1 Å². The summed E-state index contributed by atoms with van der Waals surface area (Å²) in [7, 11) is 0. The molecule has 0 fully saturated rings. The Hall–Kier alpha value is -1.90. The van der Waals surface area contributed by atoms with E-state index in [1.54, 1.807) is 6.08 Å². The lowest BCUT2D eigenvalue weighted by Gasteiger charge is -2.19. The van der Waals surface area contributed by atoms with E-state index in [0.29, 0.717) is 12.1 Å². The largest absolute Gasteiger partial charge is 0.347 e. The minimum absolute atomic E-state index is 0.314. The van der Waals surface area contributed by atoms with Gasteiger partial charge in [0.05, 0.1) is 0 Å². The summed E-state index contributed by atoms with van der Waals surface area (Å²) in [6, 6.07) is 9.58. The van der Waals surface area contributed by atoms with Crippen LogP contribution in [0.25, 0.3) is 0 Å². The fourth-order valence-electron chi connectivity index (χ4n) is 1.82. The van der Waals surface area contributed by atoms with Crippen LogP contribution in [0.4, 0.5) is 0 Å². The highest BCUT2D eigenvalue weighted by Gasteiger charge is 2.45. The molecular weight excluding hydrogens is 202 g/mol. The Bertz CT molecular complexity index is 450. The van der Waals surface area contributed by atoms with E-state index >= 15 is 0 Å². The minimum atomic E-state index is -0.705. The van der Waals surface area contributed by atoms with Gasteiger partial charge < -0.3 is 4.84 Å². The molecule has 1 atom stereocenters. The number of hydrogen-bond donors (Lipinski definition) is 0. The van der Waals surface area contributed by atoms with Gasteiger partial charge in [-0.15, -0.1) is 6.58 Å². The summed E-state index contributed by atoms with van der Waals surface area (Å²) in [5.74, 6) is -0.314. The van der Waals surface area contributed by atoms with Crippen molar-refractivity contribution in [1.29, 1.82) is 0 Å². The fraction of sp³-hybridized carbons (Fsp3) is 0.231. The van der Waals surface area contributed by atoms with Gasteiger partial charge >= 0.3 is 5.97 Å². The van der Waals surface area contributed by atoms with Gasteiger partial charge in [-0.3, -0.25) is 0 Å². The Balaban J connectivity index is 2.42. The number of allylic oxidation sites excluding steroid dienone is 1. The Morgan fingerprint density at radius 1 is 1.44 bits per heavy atom. The van der Waals surface area contributed by atoms with Crippen molar-refractivity contribution < 1.29 is 9.63 Å². The van der Waals surface area contributed by atoms with E-state index in [2.05, 4.69) is 11.7 Å². The third-order valence-corrected chi connectivity index (χ3v) is 2.79. The van der Waals surface area contributed by atoms with Gasteiger partial charge in [0.1, 0.15) is 11.1 Å². The molecule has 0 aromatic heterocycles. The van der Waals surface area contributed by atoms with Crippen LogP contribution < -0.4 is 0 Å². The Labute approximate surface area is 94.4 Å². The summed E-state index contributed by atoms with van der Waals surface area (Å²) < 4.78 is 0. The van der Waals surface area contributed by atoms with Gasteiger partial charge in [-0.25, -0.2) is 4.79 Å². The number of hydrogen-bond acceptors (Lipinski definition) is 3. The zero-order chi connectivity index (χ0) is 11.6. The third-order valence-electron chi connectivity index (χ3n) is 2.79. The van der Waals surface area contributed by atoms with Crippen LogP contribution in [0.5, 0.6) is 0 Å². The molecule has 1 aromatic rings. The van der Waals surface area contributed by atoms with Gasteiger partial charge in [0.25, 0.3) is 0 Å². The molecule has 0 aliphatic carbocycles. The van der Waals surface area contributed by atoms with Crippen LogP contribution in [0.2, 0.25) is 0 Å². The molecule has 1 aliphatic rings. The van der Waals surface area contributed by atoms with Crippen molar-refractivity contribution in [3.63, 3.8) is 0 Å². The summed E-state index contributed by atoms with van der Waals surface area (Å²) >= 11 is 0. The molecule has 3 nitrogen and oxygen atoms in total. The van der Waals surface area contributed by atoms with Gasteiger partial charge in [0, 0.05) is 5.56 Å². The van der Waals surface area contributed by atoms with Crippen LogP contribution in [0.1, 0.15) is 18.9 Å². The van der Waals surface area contributed by atoms with Crippen LogP contribution in [-0.4, -0.2) is 11.7 Å². The van der Waals surface area contributed by atoms with Gasteiger partial charge in [0.15, 0.2) is 0 Å². The quantitative estimate of drug-likeness (QED) is 0.574. The predicted molar refractivity (Wildman–Crippen MR) is 62.0 cm³/mol. The second kappa shape index (κ2) is 3.93. The smallest absolute Gasteiger partial charge is 0.317 e.